The SMILES string of the molecule is CCCCc1noc(CN2C(=O)NC(C)(c3cc(F)ccc3F)C2=O)n1. The molecule has 1 saturated heterocycles. The summed E-state index contributed by atoms with van der Waals surface area (Å²) in [5, 5.41) is 6.22. The fourth-order valence-electron chi connectivity index (χ4n) is 2.83. The first-order chi connectivity index (χ1) is 12.3. The maximum Gasteiger partial charge on any atom is 0.325 e. The van der Waals surface area contributed by atoms with Crippen molar-refractivity contribution in [2.75, 3.05) is 0 Å². The van der Waals surface area contributed by atoms with E-state index >= 15 is 0 Å². The molecule has 1 aromatic heterocycles. The van der Waals surface area contributed by atoms with Crippen LogP contribution < -0.4 is 5.32 Å². The Morgan fingerprint density at radius 3 is 2.81 bits per heavy atom. The molecule has 1 atom stereocenters. The van der Waals surface area contributed by atoms with Gasteiger partial charge in [-0.1, -0.05) is 18.5 Å². The van der Waals surface area contributed by atoms with E-state index in [0.29, 0.717) is 12.2 Å². The molecule has 1 aromatic carbocycles. The number of amides is 3. The number of unbranched alkanes of at least 4 members (excludes halogenated alkanes) is 1. The van der Waals surface area contributed by atoms with E-state index in [1.807, 2.05) is 6.92 Å². The summed E-state index contributed by atoms with van der Waals surface area (Å²) >= 11 is 0. The Bertz CT molecular complexity index is 854. The van der Waals surface area contributed by atoms with Gasteiger partial charge >= 0.3 is 6.03 Å². The van der Waals surface area contributed by atoms with Gasteiger partial charge in [-0.2, -0.15) is 4.98 Å². The lowest BCUT2D eigenvalue weighted by Crippen LogP contribution is -2.41. The van der Waals surface area contributed by atoms with Crippen LogP contribution in [-0.2, 0) is 23.3 Å². The molecular weight excluding hydrogens is 346 g/mol. The molecule has 0 bridgehead atoms. The molecule has 3 amide bonds. The molecular formula is C17H18F2N4O3. The molecule has 138 valence electrons. The summed E-state index contributed by atoms with van der Waals surface area (Å²) in [6.07, 6.45) is 2.49. The number of imide groups is 1. The number of halogens is 2. The molecule has 0 aliphatic carbocycles. The molecule has 3 rings (SSSR count). The largest absolute Gasteiger partial charge is 0.337 e. The van der Waals surface area contributed by atoms with Gasteiger partial charge in [-0.05, 0) is 31.5 Å². The highest BCUT2D eigenvalue weighted by Crippen LogP contribution is 2.31. The number of carbonyl (C=O) groups is 2. The molecule has 1 N–H and O–H groups in total. The Balaban J connectivity index is 1.82. The van der Waals surface area contributed by atoms with Gasteiger partial charge in [-0.3, -0.25) is 9.69 Å². The van der Waals surface area contributed by atoms with Gasteiger partial charge in [0, 0.05) is 12.0 Å². The van der Waals surface area contributed by atoms with Crippen molar-refractivity contribution in [2.24, 2.45) is 0 Å². The van der Waals surface area contributed by atoms with Gasteiger partial charge in [0.1, 0.15) is 23.7 Å². The van der Waals surface area contributed by atoms with Crippen LogP contribution in [0.3, 0.4) is 0 Å². The molecule has 1 aliphatic rings. The molecule has 0 radical (unpaired) electrons. The normalized spacial score (nSPS) is 19.9. The second kappa shape index (κ2) is 6.81. The summed E-state index contributed by atoms with van der Waals surface area (Å²) in [5.74, 6) is -1.62. The summed E-state index contributed by atoms with van der Waals surface area (Å²) in [4.78, 5) is 30.0. The fraction of sp³-hybridized carbons (Fsp3) is 0.412. The third kappa shape index (κ3) is 3.16. The highest BCUT2D eigenvalue weighted by molar-refractivity contribution is 6.07. The average Bonchev–Trinajstić information content (AvgIpc) is 3.14. The number of hydrogen-bond acceptors (Lipinski definition) is 5. The minimum Gasteiger partial charge on any atom is -0.337 e. The summed E-state index contributed by atoms with van der Waals surface area (Å²) in [6, 6.07) is 2.01. The van der Waals surface area contributed by atoms with Crippen LogP contribution in [0.1, 0.15) is 44.0 Å². The maximum atomic E-state index is 14.1. The quantitative estimate of drug-likeness (QED) is 0.796. The van der Waals surface area contributed by atoms with E-state index in [4.69, 9.17) is 4.52 Å². The van der Waals surface area contributed by atoms with Gasteiger partial charge in [0.2, 0.25) is 5.89 Å². The van der Waals surface area contributed by atoms with Crippen LogP contribution in [0.15, 0.2) is 22.7 Å². The smallest absolute Gasteiger partial charge is 0.325 e. The summed E-state index contributed by atoms with van der Waals surface area (Å²) in [5.41, 5.74) is -1.96. The monoisotopic (exact) mass is 364 g/mol. The van der Waals surface area contributed by atoms with Crippen molar-refractivity contribution in [3.05, 3.63) is 47.1 Å². The Kier molecular flexibility index (Phi) is 4.71. The van der Waals surface area contributed by atoms with Gasteiger partial charge < -0.3 is 9.84 Å². The molecule has 7 nitrogen and oxygen atoms in total. The van der Waals surface area contributed by atoms with E-state index in [1.54, 1.807) is 0 Å². The summed E-state index contributed by atoms with van der Waals surface area (Å²) in [6.45, 7) is 3.11. The lowest BCUT2D eigenvalue weighted by atomic mass is 9.91. The summed E-state index contributed by atoms with van der Waals surface area (Å²) in [7, 11) is 0. The van der Waals surface area contributed by atoms with Crippen LogP contribution in [0.5, 0.6) is 0 Å². The molecule has 1 unspecified atom stereocenters. The highest BCUT2D eigenvalue weighted by Gasteiger charge is 2.50. The minimum atomic E-state index is -1.71. The number of benzene rings is 1. The van der Waals surface area contributed by atoms with Crippen LogP contribution in [0.2, 0.25) is 0 Å². The second-order valence-corrected chi connectivity index (χ2v) is 6.28. The zero-order valence-electron chi connectivity index (χ0n) is 14.4. The Morgan fingerprint density at radius 2 is 2.08 bits per heavy atom. The molecule has 9 heteroatoms. The standard InChI is InChI=1S/C17H18F2N4O3/c1-3-4-5-13-20-14(26-22-13)9-23-15(24)17(2,21-16(23)25)11-8-10(18)6-7-12(11)19/h6-8H,3-5,9H2,1-2H3,(H,21,25). The molecule has 2 heterocycles. The maximum absolute atomic E-state index is 14.1. The van der Waals surface area contributed by atoms with E-state index < -0.39 is 29.1 Å². The minimum absolute atomic E-state index is 0.101. The van der Waals surface area contributed by atoms with Crippen molar-refractivity contribution in [3.63, 3.8) is 0 Å². The first kappa shape index (κ1) is 18.0. The topological polar surface area (TPSA) is 88.3 Å². The predicted octanol–water partition coefficient (Wildman–Crippen LogP) is 2.66. The average molecular weight is 364 g/mol. The van der Waals surface area contributed by atoms with Crippen molar-refractivity contribution in [3.8, 4) is 0 Å². The first-order valence-electron chi connectivity index (χ1n) is 8.26. The summed E-state index contributed by atoms with van der Waals surface area (Å²) < 4.78 is 32.7. The van der Waals surface area contributed by atoms with Gasteiger partial charge in [-0.25, -0.2) is 13.6 Å². The predicted molar refractivity (Wildman–Crippen MR) is 85.7 cm³/mol. The van der Waals surface area contributed by atoms with E-state index in [1.165, 1.54) is 6.92 Å². The Hall–Kier alpha value is -2.84. The van der Waals surface area contributed by atoms with Gasteiger partial charge in [0.15, 0.2) is 5.82 Å². The number of nitrogens with one attached hydrogen (secondary N) is 1. The number of aromatic nitrogens is 2. The van der Waals surface area contributed by atoms with Gasteiger partial charge in [0.25, 0.3) is 5.91 Å². The number of hydrogen-bond donors (Lipinski definition) is 1. The second-order valence-electron chi connectivity index (χ2n) is 6.28. The third-order valence-electron chi connectivity index (χ3n) is 4.30. The van der Waals surface area contributed by atoms with Crippen LogP contribution >= 0.6 is 0 Å². The van der Waals surface area contributed by atoms with Crippen molar-refractivity contribution in [1.82, 2.24) is 20.4 Å². The van der Waals surface area contributed by atoms with E-state index in [2.05, 4.69) is 15.5 Å². The van der Waals surface area contributed by atoms with E-state index in [9.17, 15) is 18.4 Å². The number of aryl methyl sites for hydroxylation is 1. The van der Waals surface area contributed by atoms with Gasteiger partial charge in [-0.15, -0.1) is 0 Å². The van der Waals surface area contributed by atoms with Crippen molar-refractivity contribution >= 4 is 11.9 Å². The van der Waals surface area contributed by atoms with Crippen LogP contribution in [0.25, 0.3) is 0 Å². The van der Waals surface area contributed by atoms with E-state index in [-0.39, 0.29) is 18.0 Å². The molecule has 26 heavy (non-hydrogen) atoms. The molecule has 2 aromatic rings. The molecule has 1 fully saturated rings. The zero-order chi connectivity index (χ0) is 18.9. The van der Waals surface area contributed by atoms with E-state index in [0.717, 1.165) is 35.9 Å². The van der Waals surface area contributed by atoms with Crippen LogP contribution in [0.4, 0.5) is 13.6 Å². The Morgan fingerprint density at radius 1 is 1.31 bits per heavy atom. The van der Waals surface area contributed by atoms with Crippen molar-refractivity contribution in [1.29, 1.82) is 0 Å². The highest BCUT2D eigenvalue weighted by atomic mass is 19.1. The lowest BCUT2D eigenvalue weighted by molar-refractivity contribution is -0.131. The number of rotatable bonds is 6. The number of carbonyl (C=O) groups excluding carboxylic acids is 2. The molecule has 0 saturated carbocycles. The molecule has 0 spiro atoms. The van der Waals surface area contributed by atoms with Crippen LogP contribution in [0, 0.1) is 11.6 Å². The van der Waals surface area contributed by atoms with Crippen molar-refractivity contribution < 1.29 is 22.9 Å². The third-order valence-corrected chi connectivity index (χ3v) is 4.30. The first-order valence-corrected chi connectivity index (χ1v) is 8.26. The van der Waals surface area contributed by atoms with Gasteiger partial charge in [0.05, 0.1) is 0 Å². The molecule has 1 aliphatic heterocycles. The van der Waals surface area contributed by atoms with Crippen molar-refractivity contribution in [2.45, 2.75) is 45.2 Å². The van der Waals surface area contributed by atoms with Crippen LogP contribution in [-0.4, -0.2) is 27.0 Å². The number of urea groups is 1. The zero-order valence-corrected chi connectivity index (χ0v) is 14.4. The number of nitrogens with zero attached hydrogens (tertiary/aromatic N) is 3. The fourth-order valence-corrected chi connectivity index (χ4v) is 2.83. The lowest BCUT2D eigenvalue weighted by Gasteiger charge is -2.22. The Labute approximate surface area is 148 Å².